The average molecular weight is 299 g/mol. The number of rotatable bonds is 5. The van der Waals surface area contributed by atoms with E-state index >= 15 is 0 Å². The molecule has 3 N–H and O–H groups in total. The fourth-order valence-electron chi connectivity index (χ4n) is 2.84. The first-order valence-electron chi connectivity index (χ1n) is 7.09. The number of nitrogens with one attached hydrogen (secondary N) is 2. The van der Waals surface area contributed by atoms with Crippen molar-refractivity contribution >= 4 is 17.8 Å². The Balaban J connectivity index is 2.03. The van der Waals surface area contributed by atoms with Crippen LogP contribution in [0, 0.1) is 0 Å². The highest BCUT2D eigenvalue weighted by Gasteiger charge is 2.42. The zero-order chi connectivity index (χ0) is 15.4. The van der Waals surface area contributed by atoms with E-state index in [1.807, 2.05) is 0 Å². The second-order valence-electron chi connectivity index (χ2n) is 5.36. The second-order valence-corrected chi connectivity index (χ2v) is 5.36. The molecule has 0 radical (unpaired) electrons. The molecule has 0 spiro atoms. The number of amides is 2. The number of carboxylic acid groups (broad SMARTS) is 1. The van der Waals surface area contributed by atoms with Crippen LogP contribution >= 0.6 is 0 Å². The molecule has 2 amide bonds. The number of ether oxygens (including phenoxy) is 1. The lowest BCUT2D eigenvalue weighted by molar-refractivity contribution is -0.141. The van der Waals surface area contributed by atoms with Gasteiger partial charge in [-0.1, -0.05) is 0 Å². The molecule has 8 heteroatoms. The van der Waals surface area contributed by atoms with Crippen LogP contribution < -0.4 is 10.6 Å². The van der Waals surface area contributed by atoms with Crippen molar-refractivity contribution in [2.75, 3.05) is 26.7 Å². The van der Waals surface area contributed by atoms with E-state index in [2.05, 4.69) is 10.6 Å². The number of likely N-dealkylation sites (tertiary alicyclic amines) is 1. The number of hydrogen-bond donors (Lipinski definition) is 3. The third-order valence-electron chi connectivity index (χ3n) is 3.95. The van der Waals surface area contributed by atoms with Crippen molar-refractivity contribution in [2.24, 2.45) is 0 Å². The van der Waals surface area contributed by atoms with Crippen LogP contribution in [-0.2, 0) is 19.1 Å². The molecule has 2 saturated heterocycles. The Morgan fingerprint density at radius 2 is 2.19 bits per heavy atom. The number of nitrogens with zero attached hydrogens (tertiary/aromatic N) is 1. The van der Waals surface area contributed by atoms with Crippen LogP contribution in [0.1, 0.15) is 19.3 Å². The highest BCUT2D eigenvalue weighted by Crippen LogP contribution is 2.22. The van der Waals surface area contributed by atoms with E-state index in [1.165, 1.54) is 4.90 Å². The molecule has 2 aliphatic rings. The van der Waals surface area contributed by atoms with Gasteiger partial charge in [0.1, 0.15) is 12.6 Å². The summed E-state index contributed by atoms with van der Waals surface area (Å²) in [4.78, 5) is 36.6. The van der Waals surface area contributed by atoms with Gasteiger partial charge in [0, 0.05) is 20.1 Å². The molecule has 0 aromatic rings. The van der Waals surface area contributed by atoms with Gasteiger partial charge in [0.2, 0.25) is 11.8 Å². The van der Waals surface area contributed by atoms with Gasteiger partial charge in [-0.15, -0.1) is 0 Å². The molecule has 0 saturated carbocycles. The van der Waals surface area contributed by atoms with Crippen LogP contribution in [-0.4, -0.2) is 72.7 Å². The van der Waals surface area contributed by atoms with E-state index < -0.39 is 24.5 Å². The summed E-state index contributed by atoms with van der Waals surface area (Å²) in [6, 6.07) is -0.917. The SMILES string of the molecule is COC1CC(C(=O)NCC(=O)O)N(C(=O)C2CCCN2)C1. The normalized spacial score (nSPS) is 28.6. The lowest BCUT2D eigenvalue weighted by Gasteiger charge is -2.26. The van der Waals surface area contributed by atoms with E-state index in [0.717, 1.165) is 19.4 Å². The Hall–Kier alpha value is -1.67. The molecule has 3 unspecified atom stereocenters. The van der Waals surface area contributed by atoms with Gasteiger partial charge in [0.15, 0.2) is 0 Å². The predicted octanol–water partition coefficient (Wildman–Crippen LogP) is -1.44. The molecular weight excluding hydrogens is 278 g/mol. The first kappa shape index (κ1) is 15.7. The number of methoxy groups -OCH3 is 1. The van der Waals surface area contributed by atoms with Gasteiger partial charge in [-0.25, -0.2) is 0 Å². The van der Waals surface area contributed by atoms with Crippen molar-refractivity contribution in [3.63, 3.8) is 0 Å². The minimum Gasteiger partial charge on any atom is -0.480 e. The quantitative estimate of drug-likeness (QED) is 0.573. The Bertz CT molecular complexity index is 422. The van der Waals surface area contributed by atoms with Crippen molar-refractivity contribution in [1.29, 1.82) is 0 Å². The van der Waals surface area contributed by atoms with Crippen molar-refractivity contribution < 1.29 is 24.2 Å². The monoisotopic (exact) mass is 299 g/mol. The van der Waals surface area contributed by atoms with E-state index in [1.54, 1.807) is 7.11 Å². The van der Waals surface area contributed by atoms with Gasteiger partial charge in [-0.05, 0) is 19.4 Å². The van der Waals surface area contributed by atoms with Gasteiger partial charge >= 0.3 is 5.97 Å². The van der Waals surface area contributed by atoms with Gasteiger partial charge in [-0.2, -0.15) is 0 Å². The minimum absolute atomic E-state index is 0.109. The largest absolute Gasteiger partial charge is 0.480 e. The summed E-state index contributed by atoms with van der Waals surface area (Å²) in [6.07, 6.45) is 1.89. The molecule has 2 fully saturated rings. The summed E-state index contributed by atoms with van der Waals surface area (Å²) >= 11 is 0. The lowest BCUT2D eigenvalue weighted by Crippen LogP contribution is -2.51. The van der Waals surface area contributed by atoms with E-state index in [-0.39, 0.29) is 18.1 Å². The van der Waals surface area contributed by atoms with E-state index in [9.17, 15) is 14.4 Å². The fraction of sp³-hybridized carbons (Fsp3) is 0.769. The molecule has 0 aromatic heterocycles. The van der Waals surface area contributed by atoms with Gasteiger partial charge in [0.25, 0.3) is 0 Å². The molecular formula is C13H21N3O5. The molecule has 0 aromatic carbocycles. The predicted molar refractivity (Wildman–Crippen MR) is 72.6 cm³/mol. The highest BCUT2D eigenvalue weighted by molar-refractivity contribution is 5.91. The smallest absolute Gasteiger partial charge is 0.322 e. The molecule has 118 valence electrons. The Morgan fingerprint density at radius 3 is 2.76 bits per heavy atom. The topological polar surface area (TPSA) is 108 Å². The van der Waals surface area contributed by atoms with E-state index in [0.29, 0.717) is 13.0 Å². The average Bonchev–Trinajstić information content (AvgIpc) is 3.12. The van der Waals surface area contributed by atoms with Crippen molar-refractivity contribution in [2.45, 2.75) is 37.5 Å². The third kappa shape index (κ3) is 3.70. The number of carbonyl (C=O) groups is 3. The van der Waals surface area contributed by atoms with E-state index in [4.69, 9.17) is 9.84 Å². The summed E-state index contributed by atoms with van der Waals surface area (Å²) in [5.41, 5.74) is 0. The van der Waals surface area contributed by atoms with Crippen LogP contribution in [0.2, 0.25) is 0 Å². The fourth-order valence-corrected chi connectivity index (χ4v) is 2.84. The summed E-state index contributed by atoms with van der Waals surface area (Å²) in [5, 5.41) is 14.1. The summed E-state index contributed by atoms with van der Waals surface area (Å²) in [7, 11) is 1.54. The number of carboxylic acids is 1. The first-order chi connectivity index (χ1) is 10.0. The number of carbonyl (C=O) groups excluding carboxylic acids is 2. The highest BCUT2D eigenvalue weighted by atomic mass is 16.5. The second kappa shape index (κ2) is 6.86. The summed E-state index contributed by atoms with van der Waals surface area (Å²) < 4.78 is 5.25. The maximum absolute atomic E-state index is 12.5. The van der Waals surface area contributed by atoms with Crippen LogP contribution in [0.25, 0.3) is 0 Å². The Labute approximate surface area is 122 Å². The maximum Gasteiger partial charge on any atom is 0.322 e. The minimum atomic E-state index is -1.11. The summed E-state index contributed by atoms with van der Waals surface area (Å²) in [5.74, 6) is -1.66. The zero-order valence-electron chi connectivity index (χ0n) is 12.0. The van der Waals surface area contributed by atoms with Gasteiger partial charge in [-0.3, -0.25) is 14.4 Å². The lowest BCUT2D eigenvalue weighted by atomic mass is 10.1. The molecule has 0 aliphatic carbocycles. The molecule has 2 heterocycles. The van der Waals surface area contributed by atoms with Crippen LogP contribution in [0.5, 0.6) is 0 Å². The van der Waals surface area contributed by atoms with Crippen molar-refractivity contribution in [3.05, 3.63) is 0 Å². The molecule has 8 nitrogen and oxygen atoms in total. The number of aliphatic carboxylic acids is 1. The van der Waals surface area contributed by atoms with Crippen molar-refractivity contribution in [3.8, 4) is 0 Å². The van der Waals surface area contributed by atoms with Crippen molar-refractivity contribution in [1.82, 2.24) is 15.5 Å². The zero-order valence-corrected chi connectivity index (χ0v) is 12.0. The van der Waals surface area contributed by atoms with Crippen LogP contribution in [0.4, 0.5) is 0 Å². The molecule has 21 heavy (non-hydrogen) atoms. The Morgan fingerprint density at radius 1 is 1.43 bits per heavy atom. The maximum atomic E-state index is 12.5. The van der Waals surface area contributed by atoms with Crippen LogP contribution in [0.3, 0.4) is 0 Å². The van der Waals surface area contributed by atoms with Gasteiger partial charge < -0.3 is 25.4 Å². The third-order valence-corrected chi connectivity index (χ3v) is 3.95. The first-order valence-corrected chi connectivity index (χ1v) is 7.09. The molecule has 0 bridgehead atoms. The standard InChI is InChI=1S/C13H21N3O5/c1-21-8-5-10(12(19)15-6-11(17)18)16(7-8)13(20)9-3-2-4-14-9/h8-10,14H,2-7H2,1H3,(H,15,19)(H,17,18). The molecule has 2 aliphatic heterocycles. The Kier molecular flexibility index (Phi) is 5.13. The molecule has 3 atom stereocenters. The molecule has 2 rings (SSSR count). The van der Waals surface area contributed by atoms with Gasteiger partial charge in [0.05, 0.1) is 12.1 Å². The number of hydrogen-bond acceptors (Lipinski definition) is 5. The summed E-state index contributed by atoms with van der Waals surface area (Å²) in [6.45, 7) is 0.712. The van der Waals surface area contributed by atoms with Crippen LogP contribution in [0.15, 0.2) is 0 Å².